The first-order chi connectivity index (χ1) is 19.6. The van der Waals surface area contributed by atoms with Gasteiger partial charge in [-0.25, -0.2) is 4.98 Å². The third-order valence-corrected chi connectivity index (χ3v) is 9.38. The number of likely N-dealkylation sites (tertiary alicyclic amines) is 1. The Labute approximate surface area is 240 Å². The average Bonchev–Trinajstić information content (AvgIpc) is 3.65. The summed E-state index contributed by atoms with van der Waals surface area (Å²) < 4.78 is 11.5. The molecule has 0 bridgehead atoms. The van der Waals surface area contributed by atoms with Crippen molar-refractivity contribution in [2.24, 2.45) is 0 Å². The molecule has 3 aromatic rings. The number of pyridine rings is 1. The highest BCUT2D eigenvalue weighted by Crippen LogP contribution is 2.39. The summed E-state index contributed by atoms with van der Waals surface area (Å²) in [6.45, 7) is 10.6. The molecule has 0 saturated carbocycles. The molecule has 1 unspecified atom stereocenters. The molecule has 40 heavy (non-hydrogen) atoms. The number of hydrogen-bond donors (Lipinski definition) is 0. The van der Waals surface area contributed by atoms with Crippen LogP contribution in [0.2, 0.25) is 0 Å². The van der Waals surface area contributed by atoms with Gasteiger partial charge in [-0.05, 0) is 43.9 Å². The van der Waals surface area contributed by atoms with Gasteiger partial charge in [0, 0.05) is 75.7 Å². The molecule has 3 aliphatic heterocycles. The van der Waals surface area contributed by atoms with Gasteiger partial charge in [0.05, 0.1) is 37.6 Å². The Morgan fingerprint density at radius 1 is 1.05 bits per heavy atom. The molecule has 6 rings (SSSR count). The molecule has 0 spiro atoms. The Bertz CT molecular complexity index is 1320. The standard InChI is InChI=1S/C30H40N6O3S/c1-22-19-23-7-5-8-31-27(23)28(29(22)38-2)35-12-6-11-33(13-14-35)25(20-26(37)34-9-3-4-10-34)24-21-40-30(32-24)36-15-17-39-18-16-36/h5,7-8,19,21,25H,3-4,6,9-18,20H2,1-2H3. The van der Waals surface area contributed by atoms with E-state index in [-0.39, 0.29) is 11.9 Å². The molecule has 0 aliphatic carbocycles. The number of ether oxygens (including phenoxy) is 2. The topological polar surface area (TPSA) is 74.3 Å². The van der Waals surface area contributed by atoms with E-state index in [1.165, 1.54) is 0 Å². The second-order valence-electron chi connectivity index (χ2n) is 11.0. The smallest absolute Gasteiger partial charge is 0.224 e. The molecule has 5 heterocycles. The SMILES string of the molecule is COc1c(C)cc2cccnc2c1N1CCCN(C(CC(=O)N2CCCC2)c2csc(N3CCOCC3)n2)CC1. The zero-order valence-electron chi connectivity index (χ0n) is 23.7. The zero-order valence-corrected chi connectivity index (χ0v) is 24.5. The van der Waals surface area contributed by atoms with Crippen LogP contribution in [0, 0.1) is 6.92 Å². The number of methoxy groups -OCH3 is 1. The first-order valence-corrected chi connectivity index (χ1v) is 15.5. The fourth-order valence-corrected chi connectivity index (χ4v) is 7.29. The summed E-state index contributed by atoms with van der Waals surface area (Å²) in [5.74, 6) is 1.15. The molecule has 1 aromatic carbocycles. The lowest BCUT2D eigenvalue weighted by Crippen LogP contribution is -2.38. The molecule has 1 amide bonds. The van der Waals surface area contributed by atoms with Crippen LogP contribution in [0.3, 0.4) is 0 Å². The Balaban J connectivity index is 1.26. The maximum atomic E-state index is 13.4. The molecule has 3 fully saturated rings. The zero-order chi connectivity index (χ0) is 27.5. The molecule has 9 nitrogen and oxygen atoms in total. The predicted octanol–water partition coefficient (Wildman–Crippen LogP) is 4.11. The number of thiazole rings is 1. The molecule has 0 N–H and O–H groups in total. The number of hydrogen-bond acceptors (Lipinski definition) is 9. The van der Waals surface area contributed by atoms with Gasteiger partial charge in [0.2, 0.25) is 5.91 Å². The highest BCUT2D eigenvalue weighted by Gasteiger charge is 2.32. The largest absolute Gasteiger partial charge is 0.494 e. The van der Waals surface area contributed by atoms with Crippen molar-refractivity contribution in [1.82, 2.24) is 19.8 Å². The summed E-state index contributed by atoms with van der Waals surface area (Å²) >= 11 is 1.69. The number of carbonyl (C=O) groups is 1. The Kier molecular flexibility index (Phi) is 8.36. The summed E-state index contributed by atoms with van der Waals surface area (Å²) in [5, 5.41) is 4.34. The minimum atomic E-state index is -0.0339. The van der Waals surface area contributed by atoms with Crippen molar-refractivity contribution in [2.45, 2.75) is 38.6 Å². The molecular formula is C30H40N6O3S. The van der Waals surface area contributed by atoms with Crippen LogP contribution in [0.15, 0.2) is 29.8 Å². The van der Waals surface area contributed by atoms with E-state index in [2.05, 4.69) is 39.1 Å². The van der Waals surface area contributed by atoms with Crippen LogP contribution in [-0.4, -0.2) is 98.4 Å². The van der Waals surface area contributed by atoms with Gasteiger partial charge in [-0.2, -0.15) is 0 Å². The fourth-order valence-electron chi connectivity index (χ4n) is 6.36. The second kappa shape index (κ2) is 12.3. The van der Waals surface area contributed by atoms with Gasteiger partial charge in [0.25, 0.3) is 0 Å². The van der Waals surface area contributed by atoms with Crippen LogP contribution in [0.25, 0.3) is 10.9 Å². The average molecular weight is 565 g/mol. The van der Waals surface area contributed by atoms with Gasteiger partial charge in [0.15, 0.2) is 5.13 Å². The van der Waals surface area contributed by atoms with Crippen LogP contribution < -0.4 is 14.5 Å². The summed E-state index contributed by atoms with van der Waals surface area (Å²) in [4.78, 5) is 32.6. The van der Waals surface area contributed by atoms with Gasteiger partial charge in [-0.1, -0.05) is 6.07 Å². The van der Waals surface area contributed by atoms with E-state index < -0.39 is 0 Å². The first kappa shape index (κ1) is 27.2. The number of amides is 1. The monoisotopic (exact) mass is 564 g/mol. The first-order valence-electron chi connectivity index (χ1n) is 14.6. The summed E-state index contributed by atoms with van der Waals surface area (Å²) in [5.41, 5.74) is 4.20. The van der Waals surface area contributed by atoms with Crippen molar-refractivity contribution in [3.8, 4) is 5.75 Å². The molecule has 3 saturated heterocycles. The number of aryl methyl sites for hydroxylation is 1. The highest BCUT2D eigenvalue weighted by atomic mass is 32.1. The van der Waals surface area contributed by atoms with Gasteiger partial charge in [0.1, 0.15) is 11.4 Å². The lowest BCUT2D eigenvalue weighted by molar-refractivity contribution is -0.131. The number of benzene rings is 1. The molecule has 214 valence electrons. The van der Waals surface area contributed by atoms with Gasteiger partial charge in [-0.3, -0.25) is 14.7 Å². The molecule has 0 radical (unpaired) electrons. The normalized spacial score (nSPS) is 19.7. The van der Waals surface area contributed by atoms with Gasteiger partial charge >= 0.3 is 0 Å². The summed E-state index contributed by atoms with van der Waals surface area (Å²) in [7, 11) is 1.75. The van der Waals surface area contributed by atoms with E-state index in [1.807, 2.05) is 17.2 Å². The minimum absolute atomic E-state index is 0.0339. The number of fused-ring (bicyclic) bond motifs is 1. The van der Waals surface area contributed by atoms with Crippen molar-refractivity contribution in [3.63, 3.8) is 0 Å². The number of rotatable bonds is 7. The fraction of sp³-hybridized carbons (Fsp3) is 0.567. The van der Waals surface area contributed by atoms with E-state index in [0.29, 0.717) is 6.42 Å². The third kappa shape index (κ3) is 5.62. The molecule has 2 aromatic heterocycles. The van der Waals surface area contributed by atoms with E-state index in [4.69, 9.17) is 19.4 Å². The van der Waals surface area contributed by atoms with E-state index >= 15 is 0 Å². The van der Waals surface area contributed by atoms with Gasteiger partial charge < -0.3 is 24.2 Å². The van der Waals surface area contributed by atoms with Crippen LogP contribution >= 0.6 is 11.3 Å². The summed E-state index contributed by atoms with van der Waals surface area (Å²) in [6, 6.07) is 6.23. The predicted molar refractivity (Wildman–Crippen MR) is 160 cm³/mol. The van der Waals surface area contributed by atoms with Crippen molar-refractivity contribution in [1.29, 1.82) is 0 Å². The Morgan fingerprint density at radius 3 is 2.67 bits per heavy atom. The van der Waals surface area contributed by atoms with E-state index in [1.54, 1.807) is 18.4 Å². The minimum Gasteiger partial charge on any atom is -0.494 e. The molecule has 10 heteroatoms. The molecule has 1 atom stereocenters. The van der Waals surface area contributed by atoms with Gasteiger partial charge in [-0.15, -0.1) is 11.3 Å². The number of aromatic nitrogens is 2. The number of nitrogens with zero attached hydrogens (tertiary/aromatic N) is 6. The van der Waals surface area contributed by atoms with Crippen molar-refractivity contribution >= 4 is 39.0 Å². The number of morpholine rings is 1. The quantitative estimate of drug-likeness (QED) is 0.425. The van der Waals surface area contributed by atoms with Crippen molar-refractivity contribution in [2.75, 3.05) is 82.5 Å². The second-order valence-corrected chi connectivity index (χ2v) is 11.8. The van der Waals surface area contributed by atoms with Crippen molar-refractivity contribution < 1.29 is 14.3 Å². The maximum absolute atomic E-state index is 13.4. The lowest BCUT2D eigenvalue weighted by Gasteiger charge is -2.31. The highest BCUT2D eigenvalue weighted by molar-refractivity contribution is 7.13. The maximum Gasteiger partial charge on any atom is 0.224 e. The van der Waals surface area contributed by atoms with E-state index in [9.17, 15) is 4.79 Å². The number of anilines is 2. The third-order valence-electron chi connectivity index (χ3n) is 8.46. The Hall–Kier alpha value is -2.95. The lowest BCUT2D eigenvalue weighted by atomic mass is 10.1. The van der Waals surface area contributed by atoms with Crippen LogP contribution in [-0.2, 0) is 9.53 Å². The van der Waals surface area contributed by atoms with E-state index in [0.717, 1.165) is 124 Å². The van der Waals surface area contributed by atoms with Crippen LogP contribution in [0.5, 0.6) is 5.75 Å². The van der Waals surface area contributed by atoms with Crippen molar-refractivity contribution in [3.05, 3.63) is 41.0 Å². The number of carbonyl (C=O) groups excluding carboxylic acids is 1. The Morgan fingerprint density at radius 2 is 1.88 bits per heavy atom. The molecular weight excluding hydrogens is 524 g/mol. The van der Waals surface area contributed by atoms with Crippen LogP contribution in [0.1, 0.15) is 43.0 Å². The molecule has 3 aliphatic rings. The summed E-state index contributed by atoms with van der Waals surface area (Å²) in [6.07, 6.45) is 5.53. The van der Waals surface area contributed by atoms with Crippen LogP contribution in [0.4, 0.5) is 10.8 Å².